The zero-order valence-electron chi connectivity index (χ0n) is 8.75. The number of aromatic nitrogens is 1. The van der Waals surface area contributed by atoms with E-state index in [0.29, 0.717) is 6.10 Å². The fourth-order valence-electron chi connectivity index (χ4n) is 1.81. The van der Waals surface area contributed by atoms with Crippen LogP contribution in [0.2, 0.25) is 0 Å². The number of hydrogen-bond acceptors (Lipinski definition) is 3. The van der Waals surface area contributed by atoms with Crippen molar-refractivity contribution < 1.29 is 4.74 Å². The van der Waals surface area contributed by atoms with Gasteiger partial charge in [-0.3, -0.25) is 0 Å². The van der Waals surface area contributed by atoms with Crippen LogP contribution in [0.3, 0.4) is 0 Å². The summed E-state index contributed by atoms with van der Waals surface area (Å²) in [7, 11) is 0. The molecule has 1 aliphatic rings. The van der Waals surface area contributed by atoms with E-state index in [2.05, 4.69) is 10.4 Å². The van der Waals surface area contributed by atoms with Gasteiger partial charge in [0.2, 0.25) is 0 Å². The standard InChI is InChI=1S/C11H16ClNOS/c12-5-1-3-9-8-15-11(13-9)7-10-4-2-6-14-10/h8,10H,1-7H2. The number of nitrogens with zero attached hydrogens (tertiary/aromatic N) is 1. The fraction of sp³-hybridized carbons (Fsp3) is 0.727. The summed E-state index contributed by atoms with van der Waals surface area (Å²) in [5, 5.41) is 3.36. The highest BCUT2D eigenvalue weighted by Crippen LogP contribution is 2.20. The van der Waals surface area contributed by atoms with Crippen LogP contribution in [0.25, 0.3) is 0 Å². The summed E-state index contributed by atoms with van der Waals surface area (Å²) in [5.74, 6) is 0.721. The Kier molecular flexibility index (Phi) is 4.42. The molecule has 1 atom stereocenters. The molecule has 2 rings (SSSR count). The van der Waals surface area contributed by atoms with Gasteiger partial charge in [-0.15, -0.1) is 22.9 Å². The topological polar surface area (TPSA) is 22.1 Å². The lowest BCUT2D eigenvalue weighted by Gasteiger charge is -2.05. The third-order valence-electron chi connectivity index (χ3n) is 2.59. The van der Waals surface area contributed by atoms with E-state index in [1.54, 1.807) is 11.3 Å². The van der Waals surface area contributed by atoms with E-state index in [4.69, 9.17) is 16.3 Å². The molecule has 84 valence electrons. The third kappa shape index (κ3) is 3.44. The largest absolute Gasteiger partial charge is 0.378 e. The monoisotopic (exact) mass is 245 g/mol. The molecular formula is C11H16ClNOS. The summed E-state index contributed by atoms with van der Waals surface area (Å²) in [6.45, 7) is 0.926. The maximum absolute atomic E-state index is 5.65. The van der Waals surface area contributed by atoms with Gasteiger partial charge in [-0.2, -0.15) is 0 Å². The van der Waals surface area contributed by atoms with Gasteiger partial charge in [0, 0.05) is 24.3 Å². The second-order valence-corrected chi connectivity index (χ2v) is 5.18. The van der Waals surface area contributed by atoms with Gasteiger partial charge in [0.05, 0.1) is 16.8 Å². The van der Waals surface area contributed by atoms with E-state index in [-0.39, 0.29) is 0 Å². The summed E-state index contributed by atoms with van der Waals surface area (Å²) in [6, 6.07) is 0. The van der Waals surface area contributed by atoms with Gasteiger partial charge < -0.3 is 4.74 Å². The highest BCUT2D eigenvalue weighted by Gasteiger charge is 2.17. The minimum Gasteiger partial charge on any atom is -0.378 e. The van der Waals surface area contributed by atoms with E-state index in [1.807, 2.05) is 0 Å². The quantitative estimate of drug-likeness (QED) is 0.744. The maximum atomic E-state index is 5.65. The summed E-state index contributed by atoms with van der Waals surface area (Å²) < 4.78 is 5.59. The Morgan fingerprint density at radius 2 is 2.53 bits per heavy atom. The van der Waals surface area contributed by atoms with E-state index in [1.165, 1.54) is 23.5 Å². The Balaban J connectivity index is 1.83. The van der Waals surface area contributed by atoms with Gasteiger partial charge >= 0.3 is 0 Å². The molecule has 1 aromatic rings. The minimum absolute atomic E-state index is 0.414. The lowest BCUT2D eigenvalue weighted by Crippen LogP contribution is -2.08. The summed E-state index contributed by atoms with van der Waals surface area (Å²) in [4.78, 5) is 4.59. The molecule has 2 heterocycles. The molecular weight excluding hydrogens is 230 g/mol. The molecule has 0 radical (unpaired) electrons. The molecule has 1 aromatic heterocycles. The molecule has 0 bridgehead atoms. The predicted octanol–water partition coefficient (Wildman–Crippen LogP) is 3.04. The van der Waals surface area contributed by atoms with Crippen LogP contribution in [-0.2, 0) is 17.6 Å². The van der Waals surface area contributed by atoms with Crippen LogP contribution in [0.1, 0.15) is 30.0 Å². The van der Waals surface area contributed by atoms with Crippen LogP contribution in [0, 0.1) is 0 Å². The van der Waals surface area contributed by atoms with Crippen molar-refractivity contribution in [3.63, 3.8) is 0 Å². The smallest absolute Gasteiger partial charge is 0.0954 e. The Bertz CT molecular complexity index is 297. The number of ether oxygens (including phenoxy) is 1. The van der Waals surface area contributed by atoms with Gasteiger partial charge in [-0.1, -0.05) is 0 Å². The van der Waals surface area contributed by atoms with Gasteiger partial charge in [0.25, 0.3) is 0 Å². The number of rotatable bonds is 5. The van der Waals surface area contributed by atoms with Crippen molar-refractivity contribution in [1.29, 1.82) is 0 Å². The van der Waals surface area contributed by atoms with Crippen molar-refractivity contribution >= 4 is 22.9 Å². The van der Waals surface area contributed by atoms with Crippen LogP contribution in [-0.4, -0.2) is 23.6 Å². The SMILES string of the molecule is ClCCCc1csc(CC2CCCO2)n1. The molecule has 1 unspecified atom stereocenters. The molecule has 0 N–H and O–H groups in total. The average Bonchev–Trinajstić information content (AvgIpc) is 2.87. The van der Waals surface area contributed by atoms with Crippen LogP contribution >= 0.6 is 22.9 Å². The fourth-order valence-corrected chi connectivity index (χ4v) is 2.83. The molecule has 1 fully saturated rings. The molecule has 0 saturated carbocycles. The van der Waals surface area contributed by atoms with Gasteiger partial charge in [-0.25, -0.2) is 4.98 Å². The molecule has 1 saturated heterocycles. The van der Waals surface area contributed by atoms with Crippen molar-refractivity contribution in [2.75, 3.05) is 12.5 Å². The molecule has 15 heavy (non-hydrogen) atoms. The van der Waals surface area contributed by atoms with Crippen LogP contribution in [0.5, 0.6) is 0 Å². The van der Waals surface area contributed by atoms with E-state index >= 15 is 0 Å². The first-order valence-electron chi connectivity index (χ1n) is 5.49. The number of alkyl halides is 1. The molecule has 2 nitrogen and oxygen atoms in total. The molecule has 0 amide bonds. The molecule has 0 aliphatic carbocycles. The lowest BCUT2D eigenvalue weighted by atomic mass is 10.2. The number of thiazole rings is 1. The second kappa shape index (κ2) is 5.83. The molecule has 4 heteroatoms. The minimum atomic E-state index is 0.414. The maximum Gasteiger partial charge on any atom is 0.0954 e. The Morgan fingerprint density at radius 1 is 1.60 bits per heavy atom. The lowest BCUT2D eigenvalue weighted by molar-refractivity contribution is 0.111. The normalized spacial score (nSPS) is 21.0. The first kappa shape index (κ1) is 11.4. The van der Waals surface area contributed by atoms with Crippen molar-refractivity contribution in [2.45, 2.75) is 38.2 Å². The number of halogens is 1. The average molecular weight is 246 g/mol. The first-order chi connectivity index (χ1) is 7.38. The molecule has 0 spiro atoms. The van der Waals surface area contributed by atoms with E-state index in [9.17, 15) is 0 Å². The number of hydrogen-bond donors (Lipinski definition) is 0. The summed E-state index contributed by atoms with van der Waals surface area (Å²) in [6.07, 6.45) is 5.82. The van der Waals surface area contributed by atoms with E-state index in [0.717, 1.165) is 31.7 Å². The zero-order chi connectivity index (χ0) is 10.5. The Labute approximate surface area is 99.6 Å². The van der Waals surface area contributed by atoms with Gasteiger partial charge in [0.1, 0.15) is 0 Å². The van der Waals surface area contributed by atoms with Crippen molar-refractivity contribution in [2.24, 2.45) is 0 Å². The second-order valence-electron chi connectivity index (χ2n) is 3.86. The van der Waals surface area contributed by atoms with Crippen LogP contribution < -0.4 is 0 Å². The zero-order valence-corrected chi connectivity index (χ0v) is 10.3. The highest BCUT2D eigenvalue weighted by molar-refractivity contribution is 7.09. The summed E-state index contributed by atoms with van der Waals surface area (Å²) in [5.41, 5.74) is 1.19. The Hall–Kier alpha value is -0.120. The van der Waals surface area contributed by atoms with Crippen LogP contribution in [0.15, 0.2) is 5.38 Å². The van der Waals surface area contributed by atoms with Crippen molar-refractivity contribution in [1.82, 2.24) is 4.98 Å². The van der Waals surface area contributed by atoms with E-state index < -0.39 is 0 Å². The third-order valence-corrected chi connectivity index (χ3v) is 3.78. The summed E-state index contributed by atoms with van der Waals surface area (Å²) >= 11 is 7.40. The van der Waals surface area contributed by atoms with Crippen LogP contribution in [0.4, 0.5) is 0 Å². The van der Waals surface area contributed by atoms with Gasteiger partial charge in [0.15, 0.2) is 0 Å². The predicted molar refractivity (Wildman–Crippen MR) is 63.8 cm³/mol. The Morgan fingerprint density at radius 3 is 3.27 bits per heavy atom. The highest BCUT2D eigenvalue weighted by atomic mass is 35.5. The molecule has 1 aliphatic heterocycles. The van der Waals surface area contributed by atoms with Crippen molar-refractivity contribution in [3.8, 4) is 0 Å². The van der Waals surface area contributed by atoms with Gasteiger partial charge in [-0.05, 0) is 25.7 Å². The number of aryl methyl sites for hydroxylation is 1. The molecule has 0 aromatic carbocycles. The first-order valence-corrected chi connectivity index (χ1v) is 6.91. The van der Waals surface area contributed by atoms with Crippen molar-refractivity contribution in [3.05, 3.63) is 16.1 Å².